The van der Waals surface area contributed by atoms with E-state index in [1.54, 1.807) is 11.3 Å². The van der Waals surface area contributed by atoms with E-state index in [-0.39, 0.29) is 11.2 Å². The van der Waals surface area contributed by atoms with Gasteiger partial charge in [0.05, 0.1) is 10.2 Å². The minimum atomic E-state index is -0.356. The van der Waals surface area contributed by atoms with E-state index in [1.165, 1.54) is 53.5 Å². The summed E-state index contributed by atoms with van der Waals surface area (Å²) in [5.74, 6) is 3.13. The molecule has 1 atom stereocenters. The first-order valence-electron chi connectivity index (χ1n) is 11.4. The van der Waals surface area contributed by atoms with Gasteiger partial charge in [-0.1, -0.05) is 36.4 Å². The van der Waals surface area contributed by atoms with Crippen LogP contribution in [0.25, 0.3) is 20.8 Å². The van der Waals surface area contributed by atoms with E-state index in [9.17, 15) is 0 Å². The number of benzene rings is 2. The molecular weight excluding hydrogens is 390 g/mol. The van der Waals surface area contributed by atoms with Crippen LogP contribution in [0.1, 0.15) is 50.2 Å². The van der Waals surface area contributed by atoms with Crippen molar-refractivity contribution in [1.29, 1.82) is 0 Å². The number of aryl methyl sites for hydroxylation is 1. The second-order valence-corrected chi connectivity index (χ2v) is 11.4. The Morgan fingerprint density at radius 3 is 2.27 bits per heavy atom. The van der Waals surface area contributed by atoms with Gasteiger partial charge in [0.25, 0.3) is 0 Å². The molecule has 4 heteroatoms. The number of aromatic nitrogens is 1. The second kappa shape index (κ2) is 5.93. The molecule has 3 aromatic rings. The van der Waals surface area contributed by atoms with Crippen LogP contribution in [0.2, 0.25) is 0 Å². The number of hydrogen-bond acceptors (Lipinski definition) is 4. The number of fused-ring (bicyclic) bond motifs is 1. The molecular formula is C26H27NO2S. The lowest BCUT2D eigenvalue weighted by Gasteiger charge is -2.69. The number of nitrogens with zero attached hydrogens (tertiary/aromatic N) is 1. The van der Waals surface area contributed by atoms with Crippen LogP contribution in [0.5, 0.6) is 0 Å². The quantitative estimate of drug-likeness (QED) is 0.438. The van der Waals surface area contributed by atoms with Gasteiger partial charge in [-0.3, -0.25) is 0 Å². The zero-order chi connectivity index (χ0) is 20.1. The summed E-state index contributed by atoms with van der Waals surface area (Å²) in [4.78, 5) is 17.2. The van der Waals surface area contributed by atoms with Gasteiger partial charge in [0.2, 0.25) is 0 Å². The van der Waals surface area contributed by atoms with Gasteiger partial charge in [0.15, 0.2) is 5.60 Å². The molecule has 1 aliphatic heterocycles. The molecule has 4 saturated carbocycles. The second-order valence-electron chi connectivity index (χ2n) is 10.3. The first-order valence-corrected chi connectivity index (χ1v) is 12.2. The Morgan fingerprint density at radius 2 is 1.63 bits per heavy atom. The molecule has 5 fully saturated rings. The fourth-order valence-corrected chi connectivity index (χ4v) is 8.60. The fraction of sp³-hybridized carbons (Fsp3) is 0.500. The van der Waals surface area contributed by atoms with Crippen LogP contribution >= 0.6 is 11.3 Å². The lowest BCUT2D eigenvalue weighted by molar-refractivity contribution is -0.590. The van der Waals surface area contributed by atoms with E-state index in [0.717, 1.165) is 22.4 Å². The van der Waals surface area contributed by atoms with Crippen LogP contribution in [-0.2, 0) is 15.4 Å². The number of hydrogen-bond donors (Lipinski definition) is 0. The van der Waals surface area contributed by atoms with Crippen molar-refractivity contribution in [2.24, 2.45) is 23.7 Å². The Bertz CT molecular complexity index is 1120. The predicted molar refractivity (Wildman–Crippen MR) is 119 cm³/mol. The lowest BCUT2D eigenvalue weighted by atomic mass is 9.45. The summed E-state index contributed by atoms with van der Waals surface area (Å²) in [7, 11) is 0. The molecule has 154 valence electrons. The highest BCUT2D eigenvalue weighted by atomic mass is 32.1. The molecule has 0 radical (unpaired) electrons. The van der Waals surface area contributed by atoms with Crippen molar-refractivity contribution < 1.29 is 9.78 Å². The molecule has 2 aromatic carbocycles. The molecule has 0 N–H and O–H groups in total. The maximum absolute atomic E-state index is 6.18. The van der Waals surface area contributed by atoms with Gasteiger partial charge in [-0.15, -0.1) is 11.3 Å². The van der Waals surface area contributed by atoms with E-state index in [4.69, 9.17) is 14.8 Å². The van der Waals surface area contributed by atoms with Gasteiger partial charge in [0, 0.05) is 5.56 Å². The van der Waals surface area contributed by atoms with Crippen molar-refractivity contribution in [3.63, 3.8) is 0 Å². The van der Waals surface area contributed by atoms with Gasteiger partial charge in [0.1, 0.15) is 10.6 Å². The van der Waals surface area contributed by atoms with Gasteiger partial charge in [-0.05, 0) is 86.8 Å². The van der Waals surface area contributed by atoms with Gasteiger partial charge in [-0.2, -0.15) is 0 Å². The zero-order valence-corrected chi connectivity index (χ0v) is 18.4. The number of thiazole rings is 1. The molecule has 2 heterocycles. The van der Waals surface area contributed by atoms with Crippen molar-refractivity contribution in [3.8, 4) is 10.6 Å². The molecule has 3 nitrogen and oxygen atoms in total. The van der Waals surface area contributed by atoms with Crippen molar-refractivity contribution in [2.45, 2.75) is 57.2 Å². The van der Waals surface area contributed by atoms with E-state index >= 15 is 0 Å². The monoisotopic (exact) mass is 417 g/mol. The normalized spacial score (nSPS) is 39.0. The average Bonchev–Trinajstić information content (AvgIpc) is 3.17. The summed E-state index contributed by atoms with van der Waals surface area (Å²) in [6.07, 6.45) is 6.75. The summed E-state index contributed by atoms with van der Waals surface area (Å²) >= 11 is 1.79. The maximum Gasteiger partial charge on any atom is 0.158 e. The summed E-state index contributed by atoms with van der Waals surface area (Å²) in [6, 6.07) is 15.1. The Hall–Kier alpha value is -1.75. The standard InChI is InChI=1S/C26H27NO2S/c1-15-8-19(14-22-23(15)27-24(30-22)18-6-4-3-5-7-18)25(2)26(29-28-25)20-10-16-9-17(12-20)13-21(26)11-16/h3-8,14,16-17,20-21H,9-13H2,1-2H3. The Labute approximate surface area is 181 Å². The summed E-state index contributed by atoms with van der Waals surface area (Å²) in [5.41, 5.74) is 4.32. The lowest BCUT2D eigenvalue weighted by Crippen LogP contribution is -2.74. The molecule has 4 bridgehead atoms. The highest BCUT2D eigenvalue weighted by Gasteiger charge is 2.73. The van der Waals surface area contributed by atoms with Crippen LogP contribution in [0.3, 0.4) is 0 Å². The van der Waals surface area contributed by atoms with Crippen LogP contribution in [-0.4, -0.2) is 10.6 Å². The van der Waals surface area contributed by atoms with Gasteiger partial charge >= 0.3 is 0 Å². The van der Waals surface area contributed by atoms with Crippen molar-refractivity contribution >= 4 is 21.6 Å². The highest BCUT2D eigenvalue weighted by molar-refractivity contribution is 7.21. The Morgan fingerprint density at radius 1 is 0.933 bits per heavy atom. The Balaban J connectivity index is 1.33. The Kier molecular flexibility index (Phi) is 3.54. The van der Waals surface area contributed by atoms with Crippen molar-refractivity contribution in [2.75, 3.05) is 0 Å². The highest BCUT2D eigenvalue weighted by Crippen LogP contribution is 2.69. The summed E-state index contributed by atoms with van der Waals surface area (Å²) < 4.78 is 1.25. The third-order valence-corrected chi connectivity index (χ3v) is 9.75. The minimum absolute atomic E-state index is 0.131. The van der Waals surface area contributed by atoms with E-state index in [2.05, 4.69) is 56.3 Å². The third kappa shape index (κ3) is 2.15. The SMILES string of the molecule is Cc1cc(C2(C)OOC23C2CC4CC(C2)CC3C4)cc2sc(-c3ccccc3)nc12. The molecule has 1 spiro atoms. The fourth-order valence-electron chi connectivity index (χ4n) is 7.51. The molecule has 1 saturated heterocycles. The molecule has 8 rings (SSSR count). The summed E-state index contributed by atoms with van der Waals surface area (Å²) in [6.45, 7) is 4.48. The zero-order valence-electron chi connectivity index (χ0n) is 17.6. The molecule has 1 unspecified atom stereocenters. The van der Waals surface area contributed by atoms with Crippen LogP contribution in [0, 0.1) is 30.6 Å². The minimum Gasteiger partial charge on any atom is -0.236 e. The molecule has 1 aromatic heterocycles. The van der Waals surface area contributed by atoms with Crippen LogP contribution < -0.4 is 0 Å². The van der Waals surface area contributed by atoms with E-state index in [0.29, 0.717) is 11.8 Å². The third-order valence-electron chi connectivity index (χ3n) is 8.70. The maximum atomic E-state index is 6.18. The predicted octanol–water partition coefficient (Wildman–Crippen LogP) is 6.64. The smallest absolute Gasteiger partial charge is 0.158 e. The molecule has 0 amide bonds. The topological polar surface area (TPSA) is 31.4 Å². The number of rotatable bonds is 2. The first kappa shape index (κ1) is 17.9. The van der Waals surface area contributed by atoms with Crippen molar-refractivity contribution in [1.82, 2.24) is 4.98 Å². The van der Waals surface area contributed by atoms with Crippen LogP contribution in [0.15, 0.2) is 42.5 Å². The van der Waals surface area contributed by atoms with E-state index in [1.807, 2.05) is 0 Å². The van der Waals surface area contributed by atoms with E-state index < -0.39 is 0 Å². The first-order chi connectivity index (χ1) is 14.6. The van der Waals surface area contributed by atoms with Crippen LogP contribution in [0.4, 0.5) is 0 Å². The van der Waals surface area contributed by atoms with Gasteiger partial charge < -0.3 is 0 Å². The molecule has 5 aliphatic rings. The average molecular weight is 418 g/mol. The molecule has 30 heavy (non-hydrogen) atoms. The molecule has 4 aliphatic carbocycles. The largest absolute Gasteiger partial charge is 0.236 e. The van der Waals surface area contributed by atoms with Gasteiger partial charge in [-0.25, -0.2) is 14.8 Å². The summed E-state index contributed by atoms with van der Waals surface area (Å²) in [5, 5.41) is 1.09. The van der Waals surface area contributed by atoms with Crippen molar-refractivity contribution in [3.05, 3.63) is 53.6 Å².